The van der Waals surface area contributed by atoms with E-state index in [4.69, 9.17) is 5.73 Å². The molecule has 0 radical (unpaired) electrons. The molecule has 0 aromatic rings. The van der Waals surface area contributed by atoms with Gasteiger partial charge < -0.3 is 5.73 Å². The molecule has 0 aromatic carbocycles. The van der Waals surface area contributed by atoms with E-state index < -0.39 is 11.5 Å². The molecule has 2 atom stereocenters. The van der Waals surface area contributed by atoms with Crippen LogP contribution >= 0.6 is 12.4 Å². The van der Waals surface area contributed by atoms with Crippen molar-refractivity contribution in [1.82, 2.24) is 0 Å². The summed E-state index contributed by atoms with van der Waals surface area (Å²) in [7, 11) is 0. The molecule has 2 unspecified atom stereocenters. The summed E-state index contributed by atoms with van der Waals surface area (Å²) in [4.78, 5) is 0. The minimum atomic E-state index is -2.57. The van der Waals surface area contributed by atoms with Gasteiger partial charge in [-0.05, 0) is 25.2 Å². The summed E-state index contributed by atoms with van der Waals surface area (Å²) in [5, 5.41) is 0. The van der Waals surface area contributed by atoms with Gasteiger partial charge in [-0.3, -0.25) is 0 Å². The van der Waals surface area contributed by atoms with Crippen LogP contribution in [0.1, 0.15) is 25.7 Å². The molecule has 2 aliphatic carbocycles. The second-order valence-electron chi connectivity index (χ2n) is 3.67. The highest BCUT2D eigenvalue weighted by Gasteiger charge is 2.61. The largest absolute Gasteiger partial charge is 0.320 e. The van der Waals surface area contributed by atoms with E-state index in [9.17, 15) is 8.78 Å². The first kappa shape index (κ1) is 9.20. The van der Waals surface area contributed by atoms with Gasteiger partial charge in [0.15, 0.2) is 0 Å². The van der Waals surface area contributed by atoms with Crippen LogP contribution in [-0.2, 0) is 0 Å². The summed E-state index contributed by atoms with van der Waals surface area (Å²) in [6.45, 7) is 0. The molecule has 0 heterocycles. The van der Waals surface area contributed by atoms with Crippen molar-refractivity contribution in [1.29, 1.82) is 0 Å². The second kappa shape index (κ2) is 2.30. The molecule has 0 amide bonds. The van der Waals surface area contributed by atoms with Gasteiger partial charge in [0.1, 0.15) is 0 Å². The topological polar surface area (TPSA) is 26.0 Å². The minimum Gasteiger partial charge on any atom is -0.320 e. The van der Waals surface area contributed by atoms with Crippen molar-refractivity contribution in [2.24, 2.45) is 11.7 Å². The van der Waals surface area contributed by atoms with E-state index in [2.05, 4.69) is 0 Å². The minimum absolute atomic E-state index is 0. The van der Waals surface area contributed by atoms with Crippen LogP contribution in [0.4, 0.5) is 8.78 Å². The van der Waals surface area contributed by atoms with Crippen molar-refractivity contribution < 1.29 is 8.78 Å². The monoisotopic (exact) mass is 183 g/mol. The number of rotatable bonds is 0. The molecule has 0 aromatic heterocycles. The first-order chi connectivity index (χ1) is 4.54. The van der Waals surface area contributed by atoms with Crippen molar-refractivity contribution in [2.75, 3.05) is 0 Å². The molecule has 66 valence electrons. The smallest absolute Gasteiger partial charge is 0.265 e. The van der Waals surface area contributed by atoms with E-state index in [0.717, 1.165) is 6.42 Å². The standard InChI is InChI=1S/C7H11F2N.ClH/c8-7(9)4-5-1-2-6(7,10)3-5;/h5H,1-4,10H2;1H. The summed E-state index contributed by atoms with van der Waals surface area (Å²) in [5.74, 6) is -2.37. The number of hydrogen-bond acceptors (Lipinski definition) is 1. The molecule has 0 aliphatic heterocycles. The lowest BCUT2D eigenvalue weighted by Crippen LogP contribution is -2.51. The summed E-state index contributed by atoms with van der Waals surface area (Å²) >= 11 is 0. The van der Waals surface area contributed by atoms with Crippen molar-refractivity contribution in [3.05, 3.63) is 0 Å². The van der Waals surface area contributed by atoms with Crippen LogP contribution in [0.3, 0.4) is 0 Å². The average molecular weight is 184 g/mol. The van der Waals surface area contributed by atoms with Gasteiger partial charge in [0.05, 0.1) is 5.54 Å². The van der Waals surface area contributed by atoms with E-state index in [1.807, 2.05) is 0 Å². The van der Waals surface area contributed by atoms with E-state index in [1.54, 1.807) is 0 Å². The summed E-state index contributed by atoms with van der Waals surface area (Å²) < 4.78 is 25.8. The third-order valence-corrected chi connectivity index (χ3v) is 2.93. The number of nitrogens with two attached hydrogens (primary N) is 1. The van der Waals surface area contributed by atoms with Gasteiger partial charge in [0.25, 0.3) is 5.92 Å². The van der Waals surface area contributed by atoms with Crippen LogP contribution < -0.4 is 5.73 Å². The first-order valence-corrected chi connectivity index (χ1v) is 3.70. The summed E-state index contributed by atoms with van der Waals surface area (Å²) in [6, 6.07) is 0. The molecule has 2 fully saturated rings. The predicted octanol–water partition coefficient (Wildman–Crippen LogP) is 1.94. The maximum absolute atomic E-state index is 12.9. The van der Waals surface area contributed by atoms with Gasteiger partial charge in [-0.15, -0.1) is 12.4 Å². The first-order valence-electron chi connectivity index (χ1n) is 3.70. The SMILES string of the molecule is Cl.NC12CCC(CC1(F)F)C2. The van der Waals surface area contributed by atoms with Crippen molar-refractivity contribution in [3.8, 4) is 0 Å². The van der Waals surface area contributed by atoms with Gasteiger partial charge in [-0.25, -0.2) is 8.78 Å². The van der Waals surface area contributed by atoms with Crippen LogP contribution in [0, 0.1) is 5.92 Å². The Balaban J connectivity index is 0.000000605. The lowest BCUT2D eigenvalue weighted by Gasteiger charge is -2.30. The Morgan fingerprint density at radius 2 is 1.91 bits per heavy atom. The normalized spacial score (nSPS) is 45.5. The zero-order valence-electron chi connectivity index (χ0n) is 6.15. The molecule has 11 heavy (non-hydrogen) atoms. The number of hydrogen-bond donors (Lipinski definition) is 1. The highest BCUT2D eigenvalue weighted by Crippen LogP contribution is 2.54. The number of halogens is 3. The molecule has 2 saturated carbocycles. The summed E-state index contributed by atoms with van der Waals surface area (Å²) in [6.07, 6.45) is 2.00. The number of alkyl halides is 2. The highest BCUT2D eigenvalue weighted by atomic mass is 35.5. The van der Waals surface area contributed by atoms with Gasteiger partial charge >= 0.3 is 0 Å². The summed E-state index contributed by atoms with van der Waals surface area (Å²) in [5.41, 5.74) is 4.40. The molecule has 2 bridgehead atoms. The van der Waals surface area contributed by atoms with Gasteiger partial charge in [-0.2, -0.15) is 0 Å². The van der Waals surface area contributed by atoms with E-state index >= 15 is 0 Å². The molecule has 2 rings (SSSR count). The van der Waals surface area contributed by atoms with Crippen LogP contribution in [0.2, 0.25) is 0 Å². The van der Waals surface area contributed by atoms with Crippen molar-refractivity contribution in [2.45, 2.75) is 37.1 Å². The van der Waals surface area contributed by atoms with E-state index in [-0.39, 0.29) is 24.7 Å². The Labute approximate surface area is 70.7 Å². The molecule has 0 saturated heterocycles. The Kier molecular flexibility index (Phi) is 1.92. The van der Waals surface area contributed by atoms with E-state index in [1.165, 1.54) is 0 Å². The molecular weight excluding hydrogens is 172 g/mol. The Hall–Kier alpha value is 0.110. The van der Waals surface area contributed by atoms with Gasteiger partial charge in [0.2, 0.25) is 0 Å². The van der Waals surface area contributed by atoms with Gasteiger partial charge in [-0.1, -0.05) is 0 Å². The zero-order chi connectivity index (χ0) is 7.41. The van der Waals surface area contributed by atoms with Crippen LogP contribution in [0.25, 0.3) is 0 Å². The van der Waals surface area contributed by atoms with Crippen molar-refractivity contribution in [3.63, 3.8) is 0 Å². The molecule has 4 heteroatoms. The fourth-order valence-electron chi connectivity index (χ4n) is 2.25. The number of fused-ring (bicyclic) bond motifs is 2. The lowest BCUT2D eigenvalue weighted by atomic mass is 9.91. The average Bonchev–Trinajstić information content (AvgIpc) is 2.18. The van der Waals surface area contributed by atoms with Crippen LogP contribution in [0.5, 0.6) is 0 Å². The molecule has 2 aliphatic rings. The second-order valence-corrected chi connectivity index (χ2v) is 3.67. The van der Waals surface area contributed by atoms with E-state index in [0.29, 0.717) is 12.8 Å². The lowest BCUT2D eigenvalue weighted by molar-refractivity contribution is -0.0661. The Bertz CT molecular complexity index is 172. The molecular formula is C7H12ClF2N. The van der Waals surface area contributed by atoms with Gasteiger partial charge in [0, 0.05) is 6.42 Å². The fraction of sp³-hybridized carbons (Fsp3) is 1.00. The Morgan fingerprint density at radius 1 is 1.27 bits per heavy atom. The Morgan fingerprint density at radius 3 is 2.09 bits per heavy atom. The zero-order valence-corrected chi connectivity index (χ0v) is 6.96. The predicted molar refractivity (Wildman–Crippen MR) is 41.1 cm³/mol. The molecule has 2 N–H and O–H groups in total. The maximum Gasteiger partial charge on any atom is 0.265 e. The quantitative estimate of drug-likeness (QED) is 0.611. The molecule has 0 spiro atoms. The van der Waals surface area contributed by atoms with Crippen LogP contribution in [0.15, 0.2) is 0 Å². The molecule has 1 nitrogen and oxygen atoms in total. The fourth-order valence-corrected chi connectivity index (χ4v) is 2.25. The van der Waals surface area contributed by atoms with Crippen LogP contribution in [-0.4, -0.2) is 11.5 Å². The maximum atomic E-state index is 12.9. The third kappa shape index (κ3) is 1.05. The van der Waals surface area contributed by atoms with Crippen molar-refractivity contribution >= 4 is 12.4 Å². The highest BCUT2D eigenvalue weighted by molar-refractivity contribution is 5.85. The third-order valence-electron chi connectivity index (χ3n) is 2.93.